The topological polar surface area (TPSA) is 115 Å². The Morgan fingerprint density at radius 1 is 1.41 bits per heavy atom. The van der Waals surface area contributed by atoms with Crippen molar-refractivity contribution in [3.8, 4) is 0 Å². The van der Waals surface area contributed by atoms with Gasteiger partial charge in [-0.2, -0.15) is 8.42 Å². The van der Waals surface area contributed by atoms with Crippen LogP contribution in [0.5, 0.6) is 0 Å². The minimum atomic E-state index is -4.24. The molecule has 0 bridgehead atoms. The number of aryl methyl sites for hydroxylation is 1. The fourth-order valence-electron chi connectivity index (χ4n) is 1.38. The number of carbonyl (C=O) groups excluding carboxylic acids is 1. The number of nitrogens with two attached hydrogens (primary N) is 1. The molecule has 0 unspecified atom stereocenters. The number of nitrogens with zero attached hydrogens (tertiary/aromatic N) is 2. The molecule has 0 aliphatic carbocycles. The van der Waals surface area contributed by atoms with Gasteiger partial charge in [0, 0.05) is 12.6 Å². The Morgan fingerprint density at radius 2 is 2.12 bits per heavy atom. The molecule has 7 nitrogen and oxygen atoms in total. The van der Waals surface area contributed by atoms with E-state index in [1.165, 1.54) is 6.20 Å². The van der Waals surface area contributed by atoms with E-state index in [0.29, 0.717) is 28.9 Å². The van der Waals surface area contributed by atoms with Crippen molar-refractivity contribution in [3.63, 3.8) is 0 Å². The number of carbonyl (C=O) groups is 1. The Balaban J connectivity index is 2.33. The summed E-state index contributed by atoms with van der Waals surface area (Å²) in [6, 6.07) is 0. The van der Waals surface area contributed by atoms with E-state index in [9.17, 15) is 13.2 Å². The number of imidazole rings is 1. The van der Waals surface area contributed by atoms with Crippen LogP contribution in [-0.2, 0) is 21.5 Å². The SMILES string of the molecule is NC(=O)CCCCCc1cn(S(=O)(=O)O)cn1. The van der Waals surface area contributed by atoms with Gasteiger partial charge < -0.3 is 5.73 Å². The summed E-state index contributed by atoms with van der Waals surface area (Å²) < 4.78 is 30.8. The molecule has 0 atom stereocenters. The average molecular weight is 261 g/mol. The van der Waals surface area contributed by atoms with Crippen LogP contribution >= 0.6 is 0 Å². The molecule has 17 heavy (non-hydrogen) atoms. The van der Waals surface area contributed by atoms with Crippen LogP contribution in [-0.4, -0.2) is 27.8 Å². The Kier molecular flexibility index (Phi) is 4.64. The van der Waals surface area contributed by atoms with E-state index in [-0.39, 0.29) is 5.91 Å². The van der Waals surface area contributed by atoms with Crippen LogP contribution in [0, 0.1) is 0 Å². The second kappa shape index (κ2) is 5.78. The molecule has 0 spiro atoms. The number of hydrogen-bond acceptors (Lipinski definition) is 4. The highest BCUT2D eigenvalue weighted by Crippen LogP contribution is 2.07. The standard InChI is InChI=1S/C9H15N3O4S/c10-9(13)5-3-1-2-4-8-6-12(7-11-8)17(14,15)16/h6-7H,1-5H2,(H2,10,13)(H,14,15,16). The monoisotopic (exact) mass is 261 g/mol. The van der Waals surface area contributed by atoms with Gasteiger partial charge in [0.1, 0.15) is 6.33 Å². The van der Waals surface area contributed by atoms with Gasteiger partial charge in [-0.1, -0.05) is 6.42 Å². The van der Waals surface area contributed by atoms with Gasteiger partial charge in [-0.05, 0) is 19.3 Å². The maximum Gasteiger partial charge on any atom is 0.364 e. The smallest absolute Gasteiger partial charge is 0.364 e. The highest BCUT2D eigenvalue weighted by atomic mass is 32.2. The molecule has 0 radical (unpaired) electrons. The van der Waals surface area contributed by atoms with Crippen molar-refractivity contribution >= 4 is 16.2 Å². The van der Waals surface area contributed by atoms with Crippen molar-refractivity contribution < 1.29 is 17.8 Å². The lowest BCUT2D eigenvalue weighted by molar-refractivity contribution is -0.118. The lowest BCUT2D eigenvalue weighted by Gasteiger charge is -1.97. The van der Waals surface area contributed by atoms with E-state index in [0.717, 1.165) is 19.2 Å². The highest BCUT2D eigenvalue weighted by Gasteiger charge is 2.08. The largest absolute Gasteiger partial charge is 0.370 e. The Hall–Kier alpha value is -1.41. The summed E-state index contributed by atoms with van der Waals surface area (Å²) in [4.78, 5) is 14.3. The molecule has 0 aliphatic heterocycles. The summed E-state index contributed by atoms with van der Waals surface area (Å²) in [6.07, 6.45) is 5.60. The lowest BCUT2D eigenvalue weighted by atomic mass is 10.1. The summed E-state index contributed by atoms with van der Waals surface area (Å²) in [6.45, 7) is 0. The molecule has 0 fully saturated rings. The molecule has 1 aromatic heterocycles. The molecule has 1 aromatic rings. The molecule has 3 N–H and O–H groups in total. The molecule has 1 amide bonds. The van der Waals surface area contributed by atoms with Gasteiger partial charge in [0.05, 0.1) is 5.69 Å². The molecular weight excluding hydrogens is 246 g/mol. The van der Waals surface area contributed by atoms with Crippen LogP contribution in [0.3, 0.4) is 0 Å². The zero-order valence-electron chi connectivity index (χ0n) is 9.24. The number of aromatic nitrogens is 2. The predicted molar refractivity (Wildman–Crippen MR) is 60.5 cm³/mol. The van der Waals surface area contributed by atoms with Crippen LogP contribution in [0.4, 0.5) is 0 Å². The van der Waals surface area contributed by atoms with Gasteiger partial charge in [-0.15, -0.1) is 0 Å². The van der Waals surface area contributed by atoms with E-state index in [1.807, 2.05) is 0 Å². The van der Waals surface area contributed by atoms with Gasteiger partial charge in [-0.3, -0.25) is 9.35 Å². The minimum absolute atomic E-state index is 0.319. The van der Waals surface area contributed by atoms with Crippen LogP contribution in [0.2, 0.25) is 0 Å². The van der Waals surface area contributed by atoms with Crippen molar-refractivity contribution in [1.29, 1.82) is 0 Å². The fraction of sp³-hybridized carbons (Fsp3) is 0.556. The van der Waals surface area contributed by atoms with Gasteiger partial charge in [0.25, 0.3) is 0 Å². The summed E-state index contributed by atoms with van der Waals surface area (Å²) in [5, 5.41) is 0. The first-order valence-corrected chi connectivity index (χ1v) is 6.58. The van der Waals surface area contributed by atoms with Gasteiger partial charge in [0.2, 0.25) is 5.91 Å². The van der Waals surface area contributed by atoms with Crippen molar-refractivity contribution in [1.82, 2.24) is 8.96 Å². The van der Waals surface area contributed by atoms with Gasteiger partial charge >= 0.3 is 10.3 Å². The molecule has 0 aliphatic rings. The van der Waals surface area contributed by atoms with Gasteiger partial charge in [0.15, 0.2) is 0 Å². The van der Waals surface area contributed by atoms with E-state index in [2.05, 4.69) is 4.98 Å². The fourth-order valence-corrected chi connectivity index (χ4v) is 1.80. The third kappa shape index (κ3) is 4.96. The first kappa shape index (κ1) is 13.7. The summed E-state index contributed by atoms with van der Waals surface area (Å²) in [7, 11) is -4.24. The van der Waals surface area contributed by atoms with E-state index >= 15 is 0 Å². The molecular formula is C9H15N3O4S. The van der Waals surface area contributed by atoms with Crippen LogP contribution in [0.25, 0.3) is 0 Å². The summed E-state index contributed by atoms with van der Waals surface area (Å²) in [5.74, 6) is -0.319. The zero-order valence-corrected chi connectivity index (χ0v) is 10.1. The summed E-state index contributed by atoms with van der Waals surface area (Å²) in [5.41, 5.74) is 5.57. The molecule has 96 valence electrons. The van der Waals surface area contributed by atoms with Crippen molar-refractivity contribution in [2.75, 3.05) is 0 Å². The number of amides is 1. The van der Waals surface area contributed by atoms with Crippen molar-refractivity contribution in [3.05, 3.63) is 18.2 Å². The lowest BCUT2D eigenvalue weighted by Crippen LogP contribution is -2.09. The Labute approximate surface area is 99.5 Å². The maximum atomic E-state index is 10.7. The van der Waals surface area contributed by atoms with Crippen molar-refractivity contribution in [2.24, 2.45) is 5.73 Å². The summed E-state index contributed by atoms with van der Waals surface area (Å²) >= 11 is 0. The number of hydrogen-bond donors (Lipinski definition) is 2. The van der Waals surface area contributed by atoms with E-state index in [1.54, 1.807) is 0 Å². The number of unbranched alkanes of at least 4 members (excludes halogenated alkanes) is 2. The Bertz CT molecular complexity index is 480. The van der Waals surface area contributed by atoms with Crippen LogP contribution in [0.15, 0.2) is 12.5 Å². The third-order valence-electron chi connectivity index (χ3n) is 2.24. The van der Waals surface area contributed by atoms with Crippen molar-refractivity contribution in [2.45, 2.75) is 32.1 Å². The first-order valence-electron chi connectivity index (χ1n) is 5.19. The predicted octanol–water partition coefficient (Wildman–Crippen LogP) is 0.122. The highest BCUT2D eigenvalue weighted by molar-refractivity contribution is 7.84. The van der Waals surface area contributed by atoms with Crippen LogP contribution < -0.4 is 5.73 Å². The third-order valence-corrected chi connectivity index (χ3v) is 2.97. The normalized spacial score (nSPS) is 11.6. The number of rotatable bonds is 7. The first-order chi connectivity index (χ1) is 7.89. The zero-order chi connectivity index (χ0) is 12.9. The quantitative estimate of drug-likeness (QED) is 0.534. The van der Waals surface area contributed by atoms with Gasteiger partial charge in [-0.25, -0.2) is 8.96 Å². The van der Waals surface area contributed by atoms with E-state index < -0.39 is 10.3 Å². The van der Waals surface area contributed by atoms with E-state index in [4.69, 9.17) is 10.3 Å². The molecule has 0 saturated heterocycles. The molecule has 0 saturated carbocycles. The second-order valence-electron chi connectivity index (χ2n) is 3.70. The molecule has 1 rings (SSSR count). The maximum absolute atomic E-state index is 10.7. The minimum Gasteiger partial charge on any atom is -0.370 e. The molecule has 1 heterocycles. The Morgan fingerprint density at radius 3 is 2.65 bits per heavy atom. The van der Waals surface area contributed by atoms with Crippen LogP contribution in [0.1, 0.15) is 31.4 Å². The molecule has 8 heteroatoms. The number of primary amides is 1. The second-order valence-corrected chi connectivity index (χ2v) is 5.02. The average Bonchev–Trinajstić information content (AvgIpc) is 2.64. The molecule has 0 aromatic carbocycles.